The average Bonchev–Trinajstić information content (AvgIpc) is 2.81. The predicted molar refractivity (Wildman–Crippen MR) is 51.3 cm³/mol. The molecule has 0 saturated heterocycles. The van der Waals surface area contributed by atoms with Gasteiger partial charge in [-0.25, -0.2) is 9.97 Å². The molecule has 13 heavy (non-hydrogen) atoms. The average molecular weight is 199 g/mol. The Kier molecular flexibility index (Phi) is 2.33. The zero-order chi connectivity index (χ0) is 9.26. The number of nitrogens with one attached hydrogen (secondary N) is 1. The molecule has 70 valence electrons. The van der Waals surface area contributed by atoms with Crippen LogP contribution in [0.25, 0.3) is 0 Å². The number of rotatable bonds is 3. The van der Waals surface area contributed by atoms with Crippen molar-refractivity contribution in [3.05, 3.63) is 16.9 Å². The molecule has 0 atom stereocenters. The van der Waals surface area contributed by atoms with Gasteiger partial charge in [-0.2, -0.15) is 0 Å². The Bertz CT molecular complexity index is 291. The van der Waals surface area contributed by atoms with Crippen LogP contribution in [0.15, 0.2) is 6.07 Å². The largest absolute Gasteiger partial charge is 0.368 e. The minimum absolute atomic E-state index is 0.236. The number of nitrogens with zero attached hydrogens (tertiary/aromatic N) is 2. The molecule has 1 aliphatic carbocycles. The highest BCUT2D eigenvalue weighted by Crippen LogP contribution is 2.19. The van der Waals surface area contributed by atoms with Crippen molar-refractivity contribution in [2.24, 2.45) is 0 Å². The fourth-order valence-electron chi connectivity index (χ4n) is 1.11. The molecule has 2 rings (SSSR count). The number of anilines is 1. The van der Waals surface area contributed by atoms with Crippen molar-refractivity contribution >= 4 is 17.5 Å². The number of hydrogen-bond acceptors (Lipinski definition) is 4. The van der Waals surface area contributed by atoms with E-state index in [1.54, 1.807) is 6.07 Å². The lowest BCUT2D eigenvalue weighted by Crippen LogP contribution is -2.16. The van der Waals surface area contributed by atoms with Crippen LogP contribution in [0.4, 0.5) is 5.95 Å². The lowest BCUT2D eigenvalue weighted by molar-refractivity contribution is 0.674. The monoisotopic (exact) mass is 198 g/mol. The van der Waals surface area contributed by atoms with Gasteiger partial charge in [-0.15, -0.1) is 0 Å². The van der Waals surface area contributed by atoms with Crippen molar-refractivity contribution < 1.29 is 0 Å². The molecule has 0 bridgehead atoms. The molecule has 1 saturated carbocycles. The van der Waals surface area contributed by atoms with E-state index >= 15 is 0 Å². The van der Waals surface area contributed by atoms with E-state index in [1.165, 1.54) is 12.8 Å². The molecule has 3 N–H and O–H groups in total. The van der Waals surface area contributed by atoms with Crippen LogP contribution in [0, 0.1) is 0 Å². The Balaban J connectivity index is 2.01. The smallest absolute Gasteiger partial charge is 0.221 e. The summed E-state index contributed by atoms with van der Waals surface area (Å²) in [5.41, 5.74) is 6.30. The Labute approximate surface area is 81.5 Å². The van der Waals surface area contributed by atoms with E-state index in [2.05, 4.69) is 15.3 Å². The third kappa shape index (κ3) is 2.54. The summed E-state index contributed by atoms with van der Waals surface area (Å²) in [6.07, 6.45) is 2.52. The summed E-state index contributed by atoms with van der Waals surface area (Å²) in [5.74, 6) is 0.236. The molecule has 4 nitrogen and oxygen atoms in total. The van der Waals surface area contributed by atoms with Gasteiger partial charge >= 0.3 is 0 Å². The summed E-state index contributed by atoms with van der Waals surface area (Å²) >= 11 is 5.72. The second-order valence-electron chi connectivity index (χ2n) is 3.20. The molecule has 0 aliphatic heterocycles. The first kappa shape index (κ1) is 8.72. The minimum Gasteiger partial charge on any atom is -0.368 e. The topological polar surface area (TPSA) is 63.8 Å². The third-order valence-corrected chi connectivity index (χ3v) is 2.11. The Hall–Kier alpha value is -0.870. The first-order valence-electron chi connectivity index (χ1n) is 4.26. The van der Waals surface area contributed by atoms with Crippen LogP contribution in [-0.4, -0.2) is 16.0 Å². The molecule has 1 aliphatic rings. The van der Waals surface area contributed by atoms with Crippen LogP contribution in [0.2, 0.25) is 5.15 Å². The van der Waals surface area contributed by atoms with Crippen molar-refractivity contribution in [1.29, 1.82) is 0 Å². The lowest BCUT2D eigenvalue weighted by atomic mass is 10.4. The zero-order valence-electron chi connectivity index (χ0n) is 7.13. The zero-order valence-corrected chi connectivity index (χ0v) is 7.88. The molecule has 5 heteroatoms. The molecular formula is C8H11ClN4. The molecule has 0 amide bonds. The molecule has 1 aromatic heterocycles. The van der Waals surface area contributed by atoms with Gasteiger partial charge in [0.05, 0.1) is 5.69 Å². The van der Waals surface area contributed by atoms with Gasteiger partial charge in [0, 0.05) is 12.6 Å². The van der Waals surface area contributed by atoms with Crippen molar-refractivity contribution in [2.75, 3.05) is 5.73 Å². The second kappa shape index (κ2) is 3.47. The van der Waals surface area contributed by atoms with Crippen molar-refractivity contribution in [1.82, 2.24) is 15.3 Å². The van der Waals surface area contributed by atoms with Crippen molar-refractivity contribution in [3.8, 4) is 0 Å². The summed E-state index contributed by atoms with van der Waals surface area (Å²) < 4.78 is 0. The molecule has 0 spiro atoms. The Morgan fingerprint density at radius 3 is 2.92 bits per heavy atom. The van der Waals surface area contributed by atoms with Gasteiger partial charge in [0.2, 0.25) is 5.95 Å². The fourth-order valence-corrected chi connectivity index (χ4v) is 1.32. The van der Waals surface area contributed by atoms with E-state index in [1.807, 2.05) is 0 Å². The summed E-state index contributed by atoms with van der Waals surface area (Å²) in [5, 5.41) is 3.73. The summed E-state index contributed by atoms with van der Waals surface area (Å²) in [7, 11) is 0. The summed E-state index contributed by atoms with van der Waals surface area (Å²) in [4.78, 5) is 7.83. The van der Waals surface area contributed by atoms with Gasteiger partial charge in [-0.05, 0) is 18.9 Å². The maximum atomic E-state index is 5.72. The first-order chi connectivity index (χ1) is 6.24. The minimum atomic E-state index is 0.236. The number of hydrogen-bond donors (Lipinski definition) is 2. The molecule has 1 fully saturated rings. The highest BCUT2D eigenvalue weighted by molar-refractivity contribution is 6.29. The standard InChI is InChI=1S/C8H11ClN4/c9-7-3-6(12-8(10)13-7)4-11-5-1-2-5/h3,5,11H,1-2,4H2,(H2,10,12,13). The molecule has 0 aromatic carbocycles. The number of aromatic nitrogens is 2. The fraction of sp³-hybridized carbons (Fsp3) is 0.500. The maximum Gasteiger partial charge on any atom is 0.221 e. The second-order valence-corrected chi connectivity index (χ2v) is 3.58. The van der Waals surface area contributed by atoms with E-state index < -0.39 is 0 Å². The number of halogens is 1. The summed E-state index contributed by atoms with van der Waals surface area (Å²) in [6.45, 7) is 0.719. The van der Waals surface area contributed by atoms with Crippen LogP contribution >= 0.6 is 11.6 Å². The van der Waals surface area contributed by atoms with Gasteiger partial charge in [0.25, 0.3) is 0 Å². The predicted octanol–water partition coefficient (Wildman–Crippen LogP) is 0.964. The van der Waals surface area contributed by atoms with Gasteiger partial charge in [0.1, 0.15) is 5.15 Å². The number of nitrogens with two attached hydrogens (primary N) is 1. The normalized spacial score (nSPS) is 16.1. The van der Waals surface area contributed by atoms with Gasteiger partial charge in [-0.3, -0.25) is 0 Å². The molecule has 0 radical (unpaired) electrons. The lowest BCUT2D eigenvalue weighted by Gasteiger charge is -2.02. The third-order valence-electron chi connectivity index (χ3n) is 1.91. The highest BCUT2D eigenvalue weighted by atomic mass is 35.5. The quantitative estimate of drug-likeness (QED) is 0.711. The molecule has 1 heterocycles. The number of nitrogen functional groups attached to an aromatic ring is 1. The van der Waals surface area contributed by atoms with Crippen LogP contribution in [0.1, 0.15) is 18.5 Å². The van der Waals surface area contributed by atoms with E-state index in [0.717, 1.165) is 12.2 Å². The summed E-state index contributed by atoms with van der Waals surface area (Å²) in [6, 6.07) is 2.39. The maximum absolute atomic E-state index is 5.72. The van der Waals surface area contributed by atoms with E-state index in [9.17, 15) is 0 Å². The van der Waals surface area contributed by atoms with Crippen molar-refractivity contribution in [2.45, 2.75) is 25.4 Å². The van der Waals surface area contributed by atoms with Gasteiger partial charge in [0.15, 0.2) is 0 Å². The van der Waals surface area contributed by atoms with Crippen LogP contribution in [0.3, 0.4) is 0 Å². The van der Waals surface area contributed by atoms with Crippen LogP contribution < -0.4 is 11.1 Å². The molecule has 1 aromatic rings. The molecule has 0 unspecified atom stereocenters. The van der Waals surface area contributed by atoms with Crippen LogP contribution in [-0.2, 0) is 6.54 Å². The molecular weight excluding hydrogens is 188 g/mol. The van der Waals surface area contributed by atoms with E-state index in [4.69, 9.17) is 17.3 Å². The van der Waals surface area contributed by atoms with E-state index in [0.29, 0.717) is 11.2 Å². The Morgan fingerprint density at radius 1 is 1.54 bits per heavy atom. The highest BCUT2D eigenvalue weighted by Gasteiger charge is 2.20. The SMILES string of the molecule is Nc1nc(Cl)cc(CNC2CC2)n1. The van der Waals surface area contributed by atoms with Crippen LogP contribution in [0.5, 0.6) is 0 Å². The van der Waals surface area contributed by atoms with Crippen molar-refractivity contribution in [3.63, 3.8) is 0 Å². The van der Waals surface area contributed by atoms with Gasteiger partial charge in [-0.1, -0.05) is 11.6 Å². The van der Waals surface area contributed by atoms with Gasteiger partial charge < -0.3 is 11.1 Å². The van der Waals surface area contributed by atoms with E-state index in [-0.39, 0.29) is 5.95 Å². The first-order valence-corrected chi connectivity index (χ1v) is 4.64. The Morgan fingerprint density at radius 2 is 2.31 bits per heavy atom.